The summed E-state index contributed by atoms with van der Waals surface area (Å²) in [5.74, 6) is 0. The Morgan fingerprint density at radius 2 is 2.25 bits per heavy atom. The minimum Gasteiger partial charge on any atom is -0.373 e. The first-order chi connectivity index (χ1) is 7.55. The third-order valence-electron chi connectivity index (χ3n) is 2.58. The number of halogens is 1. The Labute approximate surface area is 101 Å². The number of morpholine rings is 1. The summed E-state index contributed by atoms with van der Waals surface area (Å²) in [6, 6.07) is 3.69. The molecule has 0 radical (unpaired) electrons. The maximum absolute atomic E-state index is 5.69. The topological polar surface area (TPSA) is 38.2 Å². The molecule has 0 N–H and O–H groups in total. The predicted molar refractivity (Wildman–Crippen MR) is 62.4 cm³/mol. The predicted octanol–water partition coefficient (Wildman–Crippen LogP) is 1.74. The van der Waals surface area contributed by atoms with Gasteiger partial charge in [0.2, 0.25) is 0 Å². The Morgan fingerprint density at radius 1 is 1.44 bits per heavy atom. The van der Waals surface area contributed by atoms with Crippen LogP contribution >= 0.6 is 11.6 Å². The van der Waals surface area contributed by atoms with Gasteiger partial charge >= 0.3 is 0 Å². The third-order valence-corrected chi connectivity index (χ3v) is 2.78. The van der Waals surface area contributed by atoms with Crippen molar-refractivity contribution in [2.24, 2.45) is 0 Å². The fraction of sp³-hybridized carbons (Fsp3) is 0.636. The van der Waals surface area contributed by atoms with Gasteiger partial charge in [-0.15, -0.1) is 5.10 Å². The van der Waals surface area contributed by atoms with Crippen LogP contribution in [0.3, 0.4) is 0 Å². The number of aromatic nitrogens is 2. The van der Waals surface area contributed by atoms with Gasteiger partial charge in [-0.25, -0.2) is 0 Å². The molecular formula is C11H16ClN3O. The van der Waals surface area contributed by atoms with Gasteiger partial charge in [0.1, 0.15) is 0 Å². The van der Waals surface area contributed by atoms with Crippen molar-refractivity contribution in [2.75, 3.05) is 19.7 Å². The second kappa shape index (κ2) is 4.65. The van der Waals surface area contributed by atoms with Crippen molar-refractivity contribution >= 4 is 11.6 Å². The van der Waals surface area contributed by atoms with Gasteiger partial charge in [-0.2, -0.15) is 5.10 Å². The second-order valence-corrected chi connectivity index (χ2v) is 5.05. The van der Waals surface area contributed by atoms with Crippen LogP contribution in [0.15, 0.2) is 12.1 Å². The average molecular weight is 242 g/mol. The van der Waals surface area contributed by atoms with Crippen molar-refractivity contribution in [2.45, 2.75) is 26.0 Å². The molecule has 0 saturated carbocycles. The quantitative estimate of drug-likeness (QED) is 0.791. The zero-order valence-corrected chi connectivity index (χ0v) is 10.4. The Bertz CT molecular complexity index is 353. The summed E-state index contributed by atoms with van der Waals surface area (Å²) in [5.41, 5.74) is 0.875. The zero-order chi connectivity index (χ0) is 11.6. The molecule has 1 fully saturated rings. The SMILES string of the molecule is CC1(C)CN(Cc2ccc(Cl)nn2)CCO1. The first-order valence-corrected chi connectivity index (χ1v) is 5.77. The third kappa shape index (κ3) is 3.14. The summed E-state index contributed by atoms with van der Waals surface area (Å²) in [4.78, 5) is 2.32. The van der Waals surface area contributed by atoms with Crippen LogP contribution < -0.4 is 0 Å². The lowest BCUT2D eigenvalue weighted by molar-refractivity contribution is -0.0885. The van der Waals surface area contributed by atoms with Gasteiger partial charge in [-0.05, 0) is 26.0 Å². The van der Waals surface area contributed by atoms with Crippen LogP contribution in [0.2, 0.25) is 5.15 Å². The molecule has 1 aliphatic rings. The van der Waals surface area contributed by atoms with E-state index in [2.05, 4.69) is 28.9 Å². The van der Waals surface area contributed by atoms with Gasteiger partial charge in [-0.1, -0.05) is 11.6 Å². The number of hydrogen-bond donors (Lipinski definition) is 0. The van der Waals surface area contributed by atoms with Gasteiger partial charge in [-0.3, -0.25) is 4.90 Å². The molecule has 1 aromatic heterocycles. The summed E-state index contributed by atoms with van der Waals surface area (Å²) in [7, 11) is 0. The standard InChI is InChI=1S/C11H16ClN3O/c1-11(2)8-15(5-6-16-11)7-9-3-4-10(12)14-13-9/h3-4H,5-8H2,1-2H3. The highest BCUT2D eigenvalue weighted by atomic mass is 35.5. The lowest BCUT2D eigenvalue weighted by Gasteiger charge is -2.37. The van der Waals surface area contributed by atoms with Crippen molar-refractivity contribution in [3.05, 3.63) is 23.0 Å². The summed E-state index contributed by atoms with van der Waals surface area (Å²) in [6.45, 7) is 7.63. The van der Waals surface area contributed by atoms with Gasteiger partial charge in [0.15, 0.2) is 5.15 Å². The molecule has 0 unspecified atom stereocenters. The van der Waals surface area contributed by atoms with E-state index in [-0.39, 0.29) is 5.60 Å². The molecule has 4 nitrogen and oxygen atoms in total. The molecule has 0 bridgehead atoms. The van der Waals surface area contributed by atoms with Crippen molar-refractivity contribution in [1.29, 1.82) is 0 Å². The van der Waals surface area contributed by atoms with Crippen molar-refractivity contribution in [1.82, 2.24) is 15.1 Å². The van der Waals surface area contributed by atoms with Crippen LogP contribution in [-0.2, 0) is 11.3 Å². The maximum Gasteiger partial charge on any atom is 0.151 e. The van der Waals surface area contributed by atoms with E-state index in [1.165, 1.54) is 0 Å². The monoisotopic (exact) mass is 241 g/mol. The van der Waals surface area contributed by atoms with E-state index < -0.39 is 0 Å². The lowest BCUT2D eigenvalue weighted by Crippen LogP contribution is -2.47. The Hall–Kier alpha value is -0.710. The molecule has 5 heteroatoms. The first kappa shape index (κ1) is 11.8. The van der Waals surface area contributed by atoms with Crippen molar-refractivity contribution < 1.29 is 4.74 Å². The molecule has 88 valence electrons. The molecule has 0 spiro atoms. The van der Waals surface area contributed by atoms with E-state index in [9.17, 15) is 0 Å². The molecule has 1 saturated heterocycles. The number of nitrogens with zero attached hydrogens (tertiary/aromatic N) is 3. The average Bonchev–Trinajstić information content (AvgIpc) is 2.20. The maximum atomic E-state index is 5.69. The van der Waals surface area contributed by atoms with Gasteiger partial charge in [0.25, 0.3) is 0 Å². The van der Waals surface area contributed by atoms with Crippen LogP contribution in [-0.4, -0.2) is 40.4 Å². The molecule has 2 heterocycles. The van der Waals surface area contributed by atoms with E-state index >= 15 is 0 Å². The highest BCUT2D eigenvalue weighted by molar-refractivity contribution is 6.29. The normalized spacial score (nSPS) is 20.9. The van der Waals surface area contributed by atoms with Crippen molar-refractivity contribution in [3.63, 3.8) is 0 Å². The molecule has 0 atom stereocenters. The van der Waals surface area contributed by atoms with Crippen LogP contribution in [0.5, 0.6) is 0 Å². The van der Waals surface area contributed by atoms with Crippen LogP contribution in [0.1, 0.15) is 19.5 Å². The number of ether oxygens (including phenoxy) is 1. The largest absolute Gasteiger partial charge is 0.373 e. The lowest BCUT2D eigenvalue weighted by atomic mass is 10.1. The summed E-state index contributed by atoms with van der Waals surface area (Å²) < 4.78 is 5.65. The van der Waals surface area contributed by atoms with E-state index in [4.69, 9.17) is 16.3 Å². The van der Waals surface area contributed by atoms with E-state index in [0.717, 1.165) is 31.9 Å². The second-order valence-electron chi connectivity index (χ2n) is 4.67. The molecule has 0 amide bonds. The Kier molecular flexibility index (Phi) is 3.42. The van der Waals surface area contributed by atoms with E-state index in [0.29, 0.717) is 5.15 Å². The van der Waals surface area contributed by atoms with Crippen LogP contribution in [0.25, 0.3) is 0 Å². The van der Waals surface area contributed by atoms with Gasteiger partial charge in [0.05, 0.1) is 17.9 Å². The molecule has 0 aliphatic carbocycles. The molecule has 1 aliphatic heterocycles. The van der Waals surface area contributed by atoms with E-state index in [1.807, 2.05) is 6.07 Å². The molecule has 2 rings (SSSR count). The summed E-state index contributed by atoms with van der Waals surface area (Å²) in [5, 5.41) is 8.33. The summed E-state index contributed by atoms with van der Waals surface area (Å²) >= 11 is 5.69. The van der Waals surface area contributed by atoms with Crippen LogP contribution in [0.4, 0.5) is 0 Å². The Morgan fingerprint density at radius 3 is 2.88 bits per heavy atom. The first-order valence-electron chi connectivity index (χ1n) is 5.40. The summed E-state index contributed by atoms with van der Waals surface area (Å²) in [6.07, 6.45) is 0. The van der Waals surface area contributed by atoms with Crippen LogP contribution in [0, 0.1) is 0 Å². The molecular weight excluding hydrogens is 226 g/mol. The number of hydrogen-bond acceptors (Lipinski definition) is 4. The Balaban J connectivity index is 1.97. The van der Waals surface area contributed by atoms with Gasteiger partial charge < -0.3 is 4.74 Å². The zero-order valence-electron chi connectivity index (χ0n) is 9.61. The van der Waals surface area contributed by atoms with E-state index in [1.54, 1.807) is 6.07 Å². The molecule has 16 heavy (non-hydrogen) atoms. The molecule has 1 aromatic rings. The van der Waals surface area contributed by atoms with Gasteiger partial charge in [0, 0.05) is 19.6 Å². The minimum atomic E-state index is -0.0713. The highest BCUT2D eigenvalue weighted by Crippen LogP contribution is 2.17. The molecule has 0 aromatic carbocycles. The fourth-order valence-electron chi connectivity index (χ4n) is 1.91. The highest BCUT2D eigenvalue weighted by Gasteiger charge is 2.27. The fourth-order valence-corrected chi connectivity index (χ4v) is 2.01. The minimum absolute atomic E-state index is 0.0713. The smallest absolute Gasteiger partial charge is 0.151 e. The number of rotatable bonds is 2. The van der Waals surface area contributed by atoms with Crippen molar-refractivity contribution in [3.8, 4) is 0 Å².